The standard InChI is InChI=1S/C19H19N3O3/c1-12(21-18(24)16-11-22(2)19(25)17(16)23)14-4-3-5-15(10-14)13-6-8-20-9-7-13/h3-10,12,16H,11H2,1-2H3,(H,21,24)/t12-,16?/m1/s1. The van der Waals surface area contributed by atoms with E-state index in [-0.39, 0.29) is 12.6 Å². The Labute approximate surface area is 145 Å². The molecule has 1 fully saturated rings. The summed E-state index contributed by atoms with van der Waals surface area (Å²) in [5.74, 6) is -2.59. The van der Waals surface area contributed by atoms with Crippen LogP contribution in [0.3, 0.4) is 0 Å². The van der Waals surface area contributed by atoms with E-state index in [1.165, 1.54) is 11.9 Å². The summed E-state index contributed by atoms with van der Waals surface area (Å²) >= 11 is 0. The lowest BCUT2D eigenvalue weighted by Crippen LogP contribution is -2.37. The summed E-state index contributed by atoms with van der Waals surface area (Å²) in [6.07, 6.45) is 3.46. The zero-order chi connectivity index (χ0) is 18.0. The van der Waals surface area contributed by atoms with Crippen LogP contribution in [0.4, 0.5) is 0 Å². The first-order chi connectivity index (χ1) is 12.0. The molecule has 0 aliphatic carbocycles. The minimum Gasteiger partial charge on any atom is -0.349 e. The molecule has 2 atom stereocenters. The molecule has 2 aromatic rings. The Balaban J connectivity index is 1.74. The molecule has 6 nitrogen and oxygen atoms in total. The molecule has 0 saturated carbocycles. The normalized spacial score (nSPS) is 18.3. The number of carbonyl (C=O) groups is 3. The highest BCUT2D eigenvalue weighted by Crippen LogP contribution is 2.23. The molecule has 3 rings (SSSR count). The summed E-state index contributed by atoms with van der Waals surface area (Å²) in [6.45, 7) is 1.99. The molecule has 6 heteroatoms. The number of nitrogens with one attached hydrogen (secondary N) is 1. The SMILES string of the molecule is C[C@@H](NC(=O)C1CN(C)C(=O)C1=O)c1cccc(-c2ccncc2)c1. The molecule has 1 aromatic heterocycles. The molecule has 1 aromatic carbocycles. The van der Waals surface area contributed by atoms with Crippen molar-refractivity contribution in [3.05, 3.63) is 54.4 Å². The van der Waals surface area contributed by atoms with Crippen LogP contribution in [0, 0.1) is 5.92 Å². The maximum Gasteiger partial charge on any atom is 0.290 e. The van der Waals surface area contributed by atoms with Gasteiger partial charge in [-0.15, -0.1) is 0 Å². The maximum absolute atomic E-state index is 12.4. The van der Waals surface area contributed by atoms with Gasteiger partial charge in [0.25, 0.3) is 5.91 Å². The first kappa shape index (κ1) is 16.8. The molecule has 1 N–H and O–H groups in total. The summed E-state index contributed by atoms with van der Waals surface area (Å²) in [4.78, 5) is 41.1. The summed E-state index contributed by atoms with van der Waals surface area (Å²) in [6, 6.07) is 11.4. The molecule has 2 amide bonds. The van der Waals surface area contributed by atoms with Gasteiger partial charge in [0.15, 0.2) is 0 Å². The van der Waals surface area contributed by atoms with Gasteiger partial charge in [-0.3, -0.25) is 19.4 Å². The molecule has 0 bridgehead atoms. The Morgan fingerprint density at radius 2 is 1.92 bits per heavy atom. The maximum atomic E-state index is 12.4. The fourth-order valence-electron chi connectivity index (χ4n) is 2.91. The third-order valence-corrected chi connectivity index (χ3v) is 4.41. The van der Waals surface area contributed by atoms with Crippen molar-refractivity contribution >= 4 is 17.6 Å². The first-order valence-electron chi connectivity index (χ1n) is 8.07. The lowest BCUT2D eigenvalue weighted by molar-refractivity contribution is -0.142. The van der Waals surface area contributed by atoms with Crippen molar-refractivity contribution in [2.24, 2.45) is 5.92 Å². The van der Waals surface area contributed by atoms with Crippen LogP contribution in [0.1, 0.15) is 18.5 Å². The minimum atomic E-state index is -0.927. The van der Waals surface area contributed by atoms with Crippen molar-refractivity contribution in [2.45, 2.75) is 13.0 Å². The van der Waals surface area contributed by atoms with Crippen LogP contribution in [0.25, 0.3) is 11.1 Å². The van der Waals surface area contributed by atoms with Gasteiger partial charge < -0.3 is 10.2 Å². The average Bonchev–Trinajstić information content (AvgIpc) is 2.90. The number of hydrogen-bond donors (Lipinski definition) is 1. The largest absolute Gasteiger partial charge is 0.349 e. The molecule has 25 heavy (non-hydrogen) atoms. The van der Waals surface area contributed by atoms with Crippen LogP contribution in [0.2, 0.25) is 0 Å². The van der Waals surface area contributed by atoms with E-state index in [2.05, 4.69) is 10.3 Å². The average molecular weight is 337 g/mol. The van der Waals surface area contributed by atoms with Gasteiger partial charge in [-0.25, -0.2) is 0 Å². The number of rotatable bonds is 4. The van der Waals surface area contributed by atoms with Crippen LogP contribution in [0.15, 0.2) is 48.8 Å². The molecule has 1 aliphatic rings. The van der Waals surface area contributed by atoms with Gasteiger partial charge in [-0.1, -0.05) is 18.2 Å². The Bertz CT molecular complexity index is 820. The third-order valence-electron chi connectivity index (χ3n) is 4.41. The smallest absolute Gasteiger partial charge is 0.290 e. The van der Waals surface area contributed by atoms with Gasteiger partial charge in [0.1, 0.15) is 5.92 Å². The van der Waals surface area contributed by atoms with E-state index in [1.807, 2.05) is 43.3 Å². The Morgan fingerprint density at radius 1 is 1.20 bits per heavy atom. The van der Waals surface area contributed by atoms with Crippen molar-refractivity contribution in [2.75, 3.05) is 13.6 Å². The van der Waals surface area contributed by atoms with Gasteiger partial charge in [-0.2, -0.15) is 0 Å². The number of likely N-dealkylation sites (tertiary alicyclic amines) is 1. The molecule has 1 unspecified atom stereocenters. The van der Waals surface area contributed by atoms with Crippen molar-refractivity contribution in [1.29, 1.82) is 0 Å². The predicted molar refractivity (Wildman–Crippen MR) is 92.4 cm³/mol. The second kappa shape index (κ2) is 6.84. The van der Waals surface area contributed by atoms with Crippen LogP contribution < -0.4 is 5.32 Å². The molecule has 2 heterocycles. The highest BCUT2D eigenvalue weighted by molar-refractivity contribution is 6.42. The lowest BCUT2D eigenvalue weighted by atomic mass is 10.00. The zero-order valence-corrected chi connectivity index (χ0v) is 14.1. The Kier molecular flexibility index (Phi) is 4.61. The van der Waals surface area contributed by atoms with E-state index in [0.29, 0.717) is 0 Å². The summed E-state index contributed by atoms with van der Waals surface area (Å²) in [5.41, 5.74) is 2.98. The summed E-state index contributed by atoms with van der Waals surface area (Å²) in [5, 5.41) is 2.84. The number of pyridine rings is 1. The minimum absolute atomic E-state index is 0.132. The van der Waals surface area contributed by atoms with E-state index in [1.54, 1.807) is 12.4 Å². The van der Waals surface area contributed by atoms with E-state index in [4.69, 9.17) is 0 Å². The number of Topliss-reactive ketones (excluding diaryl/α,β-unsaturated/α-hetero) is 1. The molecular weight excluding hydrogens is 318 g/mol. The van der Waals surface area contributed by atoms with E-state index in [9.17, 15) is 14.4 Å². The molecule has 1 aliphatic heterocycles. The van der Waals surface area contributed by atoms with E-state index < -0.39 is 23.5 Å². The number of ketones is 1. The van der Waals surface area contributed by atoms with E-state index in [0.717, 1.165) is 16.7 Å². The fraction of sp³-hybridized carbons (Fsp3) is 0.263. The van der Waals surface area contributed by atoms with Gasteiger partial charge in [-0.05, 0) is 41.8 Å². The van der Waals surface area contributed by atoms with Crippen molar-refractivity contribution < 1.29 is 14.4 Å². The number of nitrogens with zero attached hydrogens (tertiary/aromatic N) is 2. The number of carbonyl (C=O) groups excluding carboxylic acids is 3. The van der Waals surface area contributed by atoms with Crippen LogP contribution in [-0.4, -0.2) is 41.1 Å². The Hall–Kier alpha value is -3.02. The number of likely N-dealkylation sites (N-methyl/N-ethyl adjacent to an activating group) is 1. The fourth-order valence-corrected chi connectivity index (χ4v) is 2.91. The Morgan fingerprint density at radius 3 is 2.56 bits per heavy atom. The quantitative estimate of drug-likeness (QED) is 0.679. The first-order valence-corrected chi connectivity index (χ1v) is 8.07. The van der Waals surface area contributed by atoms with Gasteiger partial charge in [0.2, 0.25) is 11.7 Å². The molecule has 1 saturated heterocycles. The predicted octanol–water partition coefficient (Wildman–Crippen LogP) is 1.58. The third kappa shape index (κ3) is 3.42. The van der Waals surface area contributed by atoms with Crippen LogP contribution >= 0.6 is 0 Å². The van der Waals surface area contributed by atoms with Gasteiger partial charge >= 0.3 is 0 Å². The monoisotopic (exact) mass is 337 g/mol. The van der Waals surface area contributed by atoms with Crippen LogP contribution in [0.5, 0.6) is 0 Å². The number of aromatic nitrogens is 1. The summed E-state index contributed by atoms with van der Waals surface area (Å²) in [7, 11) is 1.52. The molecular formula is C19H19N3O3. The van der Waals surface area contributed by atoms with Gasteiger partial charge in [0.05, 0.1) is 6.04 Å². The number of amides is 2. The van der Waals surface area contributed by atoms with Crippen molar-refractivity contribution in [1.82, 2.24) is 15.2 Å². The molecule has 0 spiro atoms. The number of benzene rings is 1. The van der Waals surface area contributed by atoms with Crippen molar-refractivity contribution in [3.8, 4) is 11.1 Å². The van der Waals surface area contributed by atoms with Gasteiger partial charge in [0, 0.05) is 26.0 Å². The van der Waals surface area contributed by atoms with E-state index >= 15 is 0 Å². The highest BCUT2D eigenvalue weighted by atomic mass is 16.2. The lowest BCUT2D eigenvalue weighted by Gasteiger charge is -2.17. The zero-order valence-electron chi connectivity index (χ0n) is 14.1. The number of hydrogen-bond acceptors (Lipinski definition) is 4. The van der Waals surface area contributed by atoms with Crippen LogP contribution in [-0.2, 0) is 14.4 Å². The highest BCUT2D eigenvalue weighted by Gasteiger charge is 2.41. The topological polar surface area (TPSA) is 79.4 Å². The summed E-state index contributed by atoms with van der Waals surface area (Å²) < 4.78 is 0. The van der Waals surface area contributed by atoms with Crippen molar-refractivity contribution in [3.63, 3.8) is 0 Å². The molecule has 0 radical (unpaired) electrons. The molecule has 128 valence electrons. The second-order valence-electron chi connectivity index (χ2n) is 6.19. The second-order valence-corrected chi connectivity index (χ2v) is 6.19.